The van der Waals surface area contributed by atoms with E-state index in [0.717, 1.165) is 0 Å². The molecule has 0 unspecified atom stereocenters. The Kier molecular flexibility index (Phi) is 5.25. The van der Waals surface area contributed by atoms with Gasteiger partial charge in [-0.2, -0.15) is 0 Å². The van der Waals surface area contributed by atoms with Crippen LogP contribution in [-0.2, 0) is 4.79 Å². The van der Waals surface area contributed by atoms with Crippen molar-refractivity contribution in [2.45, 2.75) is 0 Å². The molecule has 2 amide bonds. The van der Waals surface area contributed by atoms with Crippen molar-refractivity contribution in [3.8, 4) is 5.75 Å². The van der Waals surface area contributed by atoms with Crippen LogP contribution in [0.15, 0.2) is 36.4 Å². The summed E-state index contributed by atoms with van der Waals surface area (Å²) in [6, 6.07) is 9.58. The Bertz CT molecular complexity index is 703. The zero-order valence-corrected chi connectivity index (χ0v) is 13.0. The number of hydrogen-bond donors (Lipinski definition) is 2. The first-order chi connectivity index (χ1) is 10.5. The van der Waals surface area contributed by atoms with Crippen LogP contribution in [0, 0.1) is 0 Å². The van der Waals surface area contributed by atoms with Gasteiger partial charge in [-0.15, -0.1) is 0 Å². The molecule has 0 atom stereocenters. The van der Waals surface area contributed by atoms with E-state index >= 15 is 0 Å². The van der Waals surface area contributed by atoms with Gasteiger partial charge in [0.15, 0.2) is 0 Å². The van der Waals surface area contributed by atoms with Crippen molar-refractivity contribution >= 4 is 46.9 Å². The van der Waals surface area contributed by atoms with Gasteiger partial charge in [0.25, 0.3) is 5.91 Å². The van der Waals surface area contributed by atoms with Crippen molar-refractivity contribution < 1.29 is 14.3 Å². The van der Waals surface area contributed by atoms with Gasteiger partial charge >= 0.3 is 0 Å². The predicted octanol–water partition coefficient (Wildman–Crippen LogP) is 3.82. The maximum absolute atomic E-state index is 12.4. The minimum atomic E-state index is -0.438. The Balaban J connectivity index is 2.37. The molecule has 22 heavy (non-hydrogen) atoms. The third-order valence-electron chi connectivity index (χ3n) is 2.84. The highest BCUT2D eigenvalue weighted by molar-refractivity contribution is 6.31. The quantitative estimate of drug-likeness (QED) is 0.814. The fraction of sp³-hybridized carbons (Fsp3) is 0.0667. The second kappa shape index (κ2) is 7.15. The SMILES string of the molecule is COc1cc(Cl)cc(C(=O)Nc2ccc(Cl)cc2)c1NC=O. The van der Waals surface area contributed by atoms with E-state index in [2.05, 4.69) is 10.6 Å². The van der Waals surface area contributed by atoms with Gasteiger partial charge in [0.05, 0.1) is 18.4 Å². The molecule has 2 rings (SSSR count). The van der Waals surface area contributed by atoms with Crippen LogP contribution in [0.5, 0.6) is 5.75 Å². The van der Waals surface area contributed by atoms with E-state index in [4.69, 9.17) is 27.9 Å². The van der Waals surface area contributed by atoms with E-state index in [9.17, 15) is 9.59 Å². The van der Waals surface area contributed by atoms with Crippen LogP contribution in [0.25, 0.3) is 0 Å². The molecular formula is C15H12Cl2N2O3. The highest BCUT2D eigenvalue weighted by Gasteiger charge is 2.17. The van der Waals surface area contributed by atoms with E-state index in [1.54, 1.807) is 24.3 Å². The molecule has 0 aliphatic carbocycles. The summed E-state index contributed by atoms with van der Waals surface area (Å²) in [5, 5.41) is 6.02. The van der Waals surface area contributed by atoms with E-state index in [0.29, 0.717) is 27.9 Å². The van der Waals surface area contributed by atoms with Gasteiger partial charge in [0.2, 0.25) is 6.41 Å². The smallest absolute Gasteiger partial charge is 0.257 e. The lowest BCUT2D eigenvalue weighted by molar-refractivity contribution is -0.105. The first-order valence-corrected chi connectivity index (χ1v) is 6.95. The minimum Gasteiger partial charge on any atom is -0.494 e. The minimum absolute atomic E-state index is 0.186. The molecule has 2 aromatic rings. The van der Waals surface area contributed by atoms with E-state index in [1.807, 2.05) is 0 Å². The lowest BCUT2D eigenvalue weighted by Gasteiger charge is -2.13. The van der Waals surface area contributed by atoms with Gasteiger partial charge < -0.3 is 15.4 Å². The topological polar surface area (TPSA) is 67.4 Å². The van der Waals surface area contributed by atoms with Gasteiger partial charge in [-0.05, 0) is 30.3 Å². The molecule has 0 aliphatic rings. The third kappa shape index (κ3) is 3.69. The number of hydrogen-bond acceptors (Lipinski definition) is 3. The summed E-state index contributed by atoms with van der Waals surface area (Å²) in [5.41, 5.74) is 0.991. The summed E-state index contributed by atoms with van der Waals surface area (Å²) in [4.78, 5) is 23.2. The molecule has 5 nitrogen and oxygen atoms in total. The van der Waals surface area contributed by atoms with Crippen LogP contribution in [0.1, 0.15) is 10.4 Å². The molecule has 0 spiro atoms. The van der Waals surface area contributed by atoms with E-state index < -0.39 is 5.91 Å². The number of halogens is 2. The van der Waals surface area contributed by atoms with E-state index in [-0.39, 0.29) is 11.3 Å². The maximum Gasteiger partial charge on any atom is 0.257 e. The van der Waals surface area contributed by atoms with E-state index in [1.165, 1.54) is 19.2 Å². The van der Waals surface area contributed by atoms with Crippen molar-refractivity contribution in [3.63, 3.8) is 0 Å². The first-order valence-electron chi connectivity index (χ1n) is 6.19. The number of benzene rings is 2. The monoisotopic (exact) mass is 338 g/mol. The lowest BCUT2D eigenvalue weighted by atomic mass is 10.1. The molecule has 0 aliphatic heterocycles. The third-order valence-corrected chi connectivity index (χ3v) is 3.31. The van der Waals surface area contributed by atoms with Gasteiger partial charge in [0.1, 0.15) is 5.75 Å². The summed E-state index contributed by atoms with van der Waals surface area (Å²) in [6.07, 6.45) is 0.463. The van der Waals surface area contributed by atoms with Gasteiger partial charge in [-0.3, -0.25) is 9.59 Å². The number of rotatable bonds is 5. The molecule has 0 fully saturated rings. The molecule has 2 aromatic carbocycles. The Hall–Kier alpha value is -2.24. The van der Waals surface area contributed by atoms with Crippen LogP contribution >= 0.6 is 23.2 Å². The first kappa shape index (κ1) is 16.1. The number of anilines is 2. The Labute approximate surface area is 137 Å². The summed E-state index contributed by atoms with van der Waals surface area (Å²) in [6.45, 7) is 0. The molecule has 0 heterocycles. The van der Waals surface area contributed by atoms with Crippen LogP contribution in [-0.4, -0.2) is 19.4 Å². The molecule has 0 saturated carbocycles. The highest BCUT2D eigenvalue weighted by atomic mass is 35.5. The fourth-order valence-corrected chi connectivity index (χ4v) is 2.20. The van der Waals surface area contributed by atoms with Crippen molar-refractivity contribution in [2.75, 3.05) is 17.7 Å². The lowest BCUT2D eigenvalue weighted by Crippen LogP contribution is -2.15. The zero-order chi connectivity index (χ0) is 16.1. The van der Waals surface area contributed by atoms with Gasteiger partial charge in [0, 0.05) is 21.8 Å². The molecular weight excluding hydrogens is 327 g/mol. The molecule has 7 heteroatoms. The second-order valence-corrected chi connectivity index (χ2v) is 5.13. The largest absolute Gasteiger partial charge is 0.494 e. The van der Waals surface area contributed by atoms with Crippen LogP contribution < -0.4 is 15.4 Å². The number of amides is 2. The van der Waals surface area contributed by atoms with Crippen molar-refractivity contribution in [1.82, 2.24) is 0 Å². The van der Waals surface area contributed by atoms with Gasteiger partial charge in [-0.25, -0.2) is 0 Å². The summed E-state index contributed by atoms with van der Waals surface area (Å²) < 4.78 is 5.13. The zero-order valence-electron chi connectivity index (χ0n) is 11.5. The number of ether oxygens (including phenoxy) is 1. The molecule has 2 N–H and O–H groups in total. The number of carbonyl (C=O) groups is 2. The predicted molar refractivity (Wildman–Crippen MR) is 87.1 cm³/mol. The summed E-state index contributed by atoms with van der Waals surface area (Å²) in [7, 11) is 1.42. The van der Waals surface area contributed by atoms with Crippen molar-refractivity contribution in [3.05, 3.63) is 52.0 Å². The van der Waals surface area contributed by atoms with Gasteiger partial charge in [-0.1, -0.05) is 23.2 Å². The average Bonchev–Trinajstić information content (AvgIpc) is 2.51. The fourth-order valence-electron chi connectivity index (χ4n) is 1.86. The summed E-state index contributed by atoms with van der Waals surface area (Å²) >= 11 is 11.8. The summed E-state index contributed by atoms with van der Waals surface area (Å²) in [5.74, 6) is -0.145. The number of nitrogens with one attached hydrogen (secondary N) is 2. The Morgan fingerprint density at radius 2 is 1.82 bits per heavy atom. The maximum atomic E-state index is 12.4. The molecule has 114 valence electrons. The molecule has 0 radical (unpaired) electrons. The van der Waals surface area contributed by atoms with Crippen molar-refractivity contribution in [1.29, 1.82) is 0 Å². The molecule has 0 saturated heterocycles. The Morgan fingerprint density at radius 3 is 2.41 bits per heavy atom. The van der Waals surface area contributed by atoms with Crippen LogP contribution in [0.2, 0.25) is 10.0 Å². The highest BCUT2D eigenvalue weighted by Crippen LogP contribution is 2.32. The average molecular weight is 339 g/mol. The number of carbonyl (C=O) groups excluding carboxylic acids is 2. The second-order valence-electron chi connectivity index (χ2n) is 4.25. The molecule has 0 bridgehead atoms. The standard InChI is InChI=1S/C15H12Cl2N2O3/c1-22-13-7-10(17)6-12(14(13)18-8-20)15(21)19-11-4-2-9(16)3-5-11/h2-8H,1H3,(H,18,20)(H,19,21). The normalized spacial score (nSPS) is 9.95. The van der Waals surface area contributed by atoms with Crippen LogP contribution in [0.3, 0.4) is 0 Å². The Morgan fingerprint density at radius 1 is 1.14 bits per heavy atom. The van der Waals surface area contributed by atoms with Crippen LogP contribution in [0.4, 0.5) is 11.4 Å². The molecule has 0 aromatic heterocycles. The number of methoxy groups -OCH3 is 1. The van der Waals surface area contributed by atoms with Crippen molar-refractivity contribution in [2.24, 2.45) is 0 Å².